The summed E-state index contributed by atoms with van der Waals surface area (Å²) in [5.41, 5.74) is 2.26. The van der Waals surface area contributed by atoms with Crippen LogP contribution in [0.4, 0.5) is 0 Å². The number of amides is 1. The quantitative estimate of drug-likeness (QED) is 0.525. The third-order valence-corrected chi connectivity index (χ3v) is 5.70. The van der Waals surface area contributed by atoms with Gasteiger partial charge >= 0.3 is 0 Å². The Labute approximate surface area is 159 Å². The molecule has 0 saturated carbocycles. The van der Waals surface area contributed by atoms with Crippen molar-refractivity contribution >= 4 is 38.4 Å². The van der Waals surface area contributed by atoms with Crippen molar-refractivity contribution in [1.82, 2.24) is 4.57 Å². The first-order valence-electron chi connectivity index (χ1n) is 8.65. The maximum atomic E-state index is 12.6. The van der Waals surface area contributed by atoms with Crippen LogP contribution in [0.25, 0.3) is 21.2 Å². The third-order valence-electron chi connectivity index (χ3n) is 4.61. The van der Waals surface area contributed by atoms with Gasteiger partial charge in [0.1, 0.15) is 17.4 Å². The van der Waals surface area contributed by atoms with E-state index in [1.54, 1.807) is 24.3 Å². The fourth-order valence-corrected chi connectivity index (χ4v) is 4.05. The van der Waals surface area contributed by atoms with Crippen molar-refractivity contribution in [2.45, 2.75) is 19.8 Å². The summed E-state index contributed by atoms with van der Waals surface area (Å²) >= 11 is 1.43. The molecular weight excluding hydrogens is 360 g/mol. The second-order valence-corrected chi connectivity index (χ2v) is 7.73. The summed E-state index contributed by atoms with van der Waals surface area (Å²) < 4.78 is 8.35. The van der Waals surface area contributed by atoms with Gasteiger partial charge in [0.15, 0.2) is 4.80 Å². The van der Waals surface area contributed by atoms with Gasteiger partial charge in [0.05, 0.1) is 15.6 Å². The van der Waals surface area contributed by atoms with Gasteiger partial charge in [0.2, 0.25) is 5.43 Å². The van der Waals surface area contributed by atoms with E-state index >= 15 is 0 Å². The van der Waals surface area contributed by atoms with Crippen molar-refractivity contribution in [3.05, 3.63) is 74.9 Å². The molecule has 0 saturated heterocycles. The van der Waals surface area contributed by atoms with Gasteiger partial charge < -0.3 is 8.98 Å². The number of nitrogens with zero attached hydrogens (tertiary/aromatic N) is 2. The second kappa shape index (κ2) is 6.63. The van der Waals surface area contributed by atoms with Crippen molar-refractivity contribution in [1.29, 1.82) is 0 Å². The van der Waals surface area contributed by atoms with Gasteiger partial charge in [-0.1, -0.05) is 43.4 Å². The minimum atomic E-state index is -0.597. The molecule has 27 heavy (non-hydrogen) atoms. The van der Waals surface area contributed by atoms with Gasteiger partial charge in [-0.05, 0) is 35.7 Å². The van der Waals surface area contributed by atoms with E-state index in [1.165, 1.54) is 23.2 Å². The Bertz CT molecular complexity index is 1310. The number of carbonyl (C=O) groups is 1. The number of hydrogen-bond acceptors (Lipinski definition) is 4. The number of carbonyl (C=O) groups excluding carboxylic acids is 1. The molecule has 5 nitrogen and oxygen atoms in total. The molecule has 4 rings (SSSR count). The normalized spacial score (nSPS) is 12.4. The second-order valence-electron chi connectivity index (χ2n) is 6.72. The van der Waals surface area contributed by atoms with E-state index in [4.69, 9.17) is 4.42 Å². The smallest absolute Gasteiger partial charge is 0.286 e. The number of benzene rings is 2. The summed E-state index contributed by atoms with van der Waals surface area (Å²) in [7, 11) is 1.86. The number of aryl methyl sites for hydroxylation is 1. The van der Waals surface area contributed by atoms with Crippen LogP contribution in [-0.4, -0.2) is 10.5 Å². The summed E-state index contributed by atoms with van der Waals surface area (Å²) in [6, 6.07) is 13.1. The van der Waals surface area contributed by atoms with Gasteiger partial charge in [-0.3, -0.25) is 9.59 Å². The lowest BCUT2D eigenvalue weighted by Gasteiger charge is -2.04. The van der Waals surface area contributed by atoms with Crippen LogP contribution in [-0.2, 0) is 7.05 Å². The molecule has 6 heteroatoms. The summed E-state index contributed by atoms with van der Waals surface area (Å²) in [4.78, 5) is 30.0. The zero-order valence-electron chi connectivity index (χ0n) is 15.2. The van der Waals surface area contributed by atoms with Gasteiger partial charge in [0, 0.05) is 7.05 Å². The molecule has 136 valence electrons. The fourth-order valence-electron chi connectivity index (χ4n) is 2.99. The monoisotopic (exact) mass is 378 g/mol. The van der Waals surface area contributed by atoms with E-state index in [-0.39, 0.29) is 11.0 Å². The average Bonchev–Trinajstić information content (AvgIpc) is 2.97. The summed E-state index contributed by atoms with van der Waals surface area (Å²) in [5, 5.41) is 0.376. The number of thiazole rings is 1. The van der Waals surface area contributed by atoms with E-state index in [0.29, 0.717) is 21.7 Å². The molecular formula is C21H18N2O3S. The number of aromatic nitrogens is 1. The first kappa shape index (κ1) is 17.4. The number of fused-ring (bicyclic) bond motifs is 2. The lowest BCUT2D eigenvalue weighted by atomic mass is 10.0. The summed E-state index contributed by atoms with van der Waals surface area (Å²) in [5.74, 6) is -0.174. The predicted octanol–water partition coefficient (Wildman–Crippen LogP) is 4.21. The van der Waals surface area contributed by atoms with E-state index in [1.807, 2.05) is 17.7 Å². The SMILES string of the molecule is CC(C)c1ccc2c(c1)sc(=NC(=O)c1coc3ccccc3c1=O)n2C. The predicted molar refractivity (Wildman–Crippen MR) is 107 cm³/mol. The molecule has 4 aromatic rings. The standard InChI is InChI=1S/C21H18N2O3S/c1-12(2)13-8-9-16-18(10-13)27-21(23(16)3)22-20(25)15-11-26-17-7-5-4-6-14(17)19(15)24/h4-12H,1-3H3. The molecule has 0 aliphatic heterocycles. The Hall–Kier alpha value is -2.99. The zero-order valence-corrected chi connectivity index (χ0v) is 16.0. The third kappa shape index (κ3) is 3.02. The molecule has 1 amide bonds. The fraction of sp³-hybridized carbons (Fsp3) is 0.190. The highest BCUT2D eigenvalue weighted by Crippen LogP contribution is 2.23. The lowest BCUT2D eigenvalue weighted by Crippen LogP contribution is -2.18. The maximum absolute atomic E-state index is 12.6. The van der Waals surface area contributed by atoms with Crippen LogP contribution in [0.2, 0.25) is 0 Å². The number of rotatable bonds is 2. The van der Waals surface area contributed by atoms with Gasteiger partial charge in [-0.15, -0.1) is 0 Å². The van der Waals surface area contributed by atoms with Crippen LogP contribution in [0.5, 0.6) is 0 Å². The minimum absolute atomic E-state index is 0.0611. The molecule has 0 N–H and O–H groups in total. The molecule has 0 aliphatic rings. The maximum Gasteiger partial charge on any atom is 0.286 e. The molecule has 0 bridgehead atoms. The zero-order chi connectivity index (χ0) is 19.1. The largest absolute Gasteiger partial charge is 0.463 e. The Kier molecular flexibility index (Phi) is 4.28. The first-order valence-corrected chi connectivity index (χ1v) is 9.46. The van der Waals surface area contributed by atoms with E-state index in [9.17, 15) is 9.59 Å². The molecule has 0 unspecified atom stereocenters. The van der Waals surface area contributed by atoms with E-state index in [0.717, 1.165) is 10.2 Å². The Morgan fingerprint density at radius 1 is 1.19 bits per heavy atom. The number of para-hydroxylation sites is 1. The molecule has 2 heterocycles. The van der Waals surface area contributed by atoms with Gasteiger partial charge in [0.25, 0.3) is 5.91 Å². The van der Waals surface area contributed by atoms with Crippen LogP contribution in [0, 0.1) is 0 Å². The van der Waals surface area contributed by atoms with Crippen LogP contribution in [0.1, 0.15) is 35.7 Å². The average molecular weight is 378 g/mol. The summed E-state index contributed by atoms with van der Waals surface area (Å²) in [6.07, 6.45) is 1.20. The molecule has 2 aromatic carbocycles. The van der Waals surface area contributed by atoms with Crippen molar-refractivity contribution in [3.8, 4) is 0 Å². The van der Waals surface area contributed by atoms with Crippen LogP contribution < -0.4 is 10.2 Å². The molecule has 2 aromatic heterocycles. The minimum Gasteiger partial charge on any atom is -0.463 e. The van der Waals surface area contributed by atoms with Crippen molar-refractivity contribution in [3.63, 3.8) is 0 Å². The highest BCUT2D eigenvalue weighted by molar-refractivity contribution is 7.16. The molecule has 0 fully saturated rings. The summed E-state index contributed by atoms with van der Waals surface area (Å²) in [6.45, 7) is 4.28. The van der Waals surface area contributed by atoms with Crippen LogP contribution >= 0.6 is 11.3 Å². The Morgan fingerprint density at radius 3 is 2.74 bits per heavy atom. The van der Waals surface area contributed by atoms with E-state index in [2.05, 4.69) is 31.0 Å². The van der Waals surface area contributed by atoms with Crippen molar-refractivity contribution in [2.24, 2.45) is 12.0 Å². The Balaban J connectivity index is 1.84. The van der Waals surface area contributed by atoms with Crippen LogP contribution in [0.3, 0.4) is 0 Å². The highest BCUT2D eigenvalue weighted by Gasteiger charge is 2.14. The molecule has 0 atom stereocenters. The van der Waals surface area contributed by atoms with Gasteiger partial charge in [-0.2, -0.15) is 4.99 Å². The topological polar surface area (TPSA) is 64.6 Å². The van der Waals surface area contributed by atoms with Crippen LogP contribution in [0.15, 0.2) is 62.9 Å². The number of hydrogen-bond donors (Lipinski definition) is 0. The van der Waals surface area contributed by atoms with Crippen molar-refractivity contribution in [2.75, 3.05) is 0 Å². The molecule has 0 radical (unpaired) electrons. The Morgan fingerprint density at radius 2 is 1.96 bits per heavy atom. The molecule has 0 spiro atoms. The van der Waals surface area contributed by atoms with E-state index < -0.39 is 5.91 Å². The van der Waals surface area contributed by atoms with Crippen molar-refractivity contribution < 1.29 is 9.21 Å². The highest BCUT2D eigenvalue weighted by atomic mass is 32.1. The lowest BCUT2D eigenvalue weighted by molar-refractivity contribution is 0.0995. The van der Waals surface area contributed by atoms with Gasteiger partial charge in [-0.25, -0.2) is 0 Å². The molecule has 0 aliphatic carbocycles. The first-order chi connectivity index (χ1) is 13.0.